The van der Waals surface area contributed by atoms with E-state index >= 15 is 0 Å². The highest BCUT2D eigenvalue weighted by atomic mass is 127. The lowest BCUT2D eigenvalue weighted by molar-refractivity contribution is -0.126. The van der Waals surface area contributed by atoms with E-state index in [-0.39, 0.29) is 5.92 Å². The van der Waals surface area contributed by atoms with Crippen LogP contribution >= 0.6 is 22.6 Å². The standard InChI is InChI=1S/C21H24INO/c1-3-20(24)21-18(12-17-8-9-19(21)23(17)2)14-5-4-13-6-7-16(22)11-15(13)10-14/h4-7,10-11,17-19,21H,3,8-9,12H2,1-2H3. The lowest BCUT2D eigenvalue weighted by atomic mass is 9.73. The Morgan fingerprint density at radius 3 is 2.75 bits per heavy atom. The van der Waals surface area contributed by atoms with Crippen molar-refractivity contribution in [2.24, 2.45) is 5.92 Å². The minimum atomic E-state index is 0.166. The molecule has 0 aliphatic carbocycles. The number of nitrogens with zero attached hydrogens (tertiary/aromatic N) is 1. The third-order valence-corrected chi connectivity index (χ3v) is 6.91. The highest BCUT2D eigenvalue weighted by Gasteiger charge is 2.48. The van der Waals surface area contributed by atoms with Gasteiger partial charge in [-0.05, 0) is 83.3 Å². The molecule has 2 aliphatic heterocycles. The number of hydrogen-bond acceptors (Lipinski definition) is 2. The first-order chi connectivity index (χ1) is 11.6. The van der Waals surface area contributed by atoms with E-state index in [1.165, 1.54) is 32.7 Å². The second kappa shape index (κ2) is 6.41. The highest BCUT2D eigenvalue weighted by Crippen LogP contribution is 2.47. The van der Waals surface area contributed by atoms with Gasteiger partial charge in [0.2, 0.25) is 0 Å². The molecule has 4 unspecified atom stereocenters. The molecular weight excluding hydrogens is 409 g/mol. The molecule has 0 N–H and O–H groups in total. The van der Waals surface area contributed by atoms with Crippen LogP contribution in [0.2, 0.25) is 0 Å². The average Bonchev–Trinajstić information content (AvgIpc) is 2.82. The van der Waals surface area contributed by atoms with Gasteiger partial charge in [0, 0.05) is 28.0 Å². The largest absolute Gasteiger partial charge is 0.300 e. The van der Waals surface area contributed by atoms with Crippen molar-refractivity contribution in [3.05, 3.63) is 45.5 Å². The Bertz CT molecular complexity index is 787. The van der Waals surface area contributed by atoms with E-state index in [4.69, 9.17) is 0 Å². The molecule has 3 heteroatoms. The third kappa shape index (κ3) is 2.70. The molecule has 0 amide bonds. The second-order valence-corrected chi connectivity index (χ2v) is 8.65. The summed E-state index contributed by atoms with van der Waals surface area (Å²) in [5.41, 5.74) is 1.36. The first-order valence-electron chi connectivity index (χ1n) is 9.02. The molecule has 0 aromatic heterocycles. The quantitative estimate of drug-likeness (QED) is 0.636. The van der Waals surface area contributed by atoms with Crippen LogP contribution in [0.3, 0.4) is 0 Å². The number of carbonyl (C=O) groups excluding carboxylic acids is 1. The Balaban J connectivity index is 1.77. The molecule has 2 nitrogen and oxygen atoms in total. The Morgan fingerprint density at radius 2 is 1.96 bits per heavy atom. The van der Waals surface area contributed by atoms with E-state index in [1.807, 2.05) is 6.92 Å². The maximum Gasteiger partial charge on any atom is 0.137 e. The normalized spacial score (nSPS) is 30.0. The summed E-state index contributed by atoms with van der Waals surface area (Å²) in [6.45, 7) is 2.02. The number of Topliss-reactive ketones (excluding diaryl/α,β-unsaturated/α-hetero) is 1. The van der Waals surface area contributed by atoms with Crippen LogP contribution in [0, 0.1) is 9.49 Å². The highest BCUT2D eigenvalue weighted by molar-refractivity contribution is 14.1. The molecule has 2 aromatic rings. The molecule has 126 valence electrons. The summed E-state index contributed by atoms with van der Waals surface area (Å²) in [7, 11) is 2.22. The van der Waals surface area contributed by atoms with Crippen molar-refractivity contribution in [1.82, 2.24) is 4.90 Å². The van der Waals surface area contributed by atoms with Gasteiger partial charge in [-0.1, -0.05) is 31.2 Å². The van der Waals surface area contributed by atoms with Crippen molar-refractivity contribution in [3.8, 4) is 0 Å². The van der Waals surface area contributed by atoms with Crippen LogP contribution in [0.5, 0.6) is 0 Å². The molecule has 2 bridgehead atoms. The topological polar surface area (TPSA) is 20.3 Å². The predicted octanol–water partition coefficient (Wildman–Crippen LogP) is 4.99. The number of carbonyl (C=O) groups is 1. The molecule has 0 saturated carbocycles. The lowest BCUT2D eigenvalue weighted by Crippen LogP contribution is -2.48. The van der Waals surface area contributed by atoms with Gasteiger partial charge in [0.05, 0.1) is 0 Å². The molecule has 0 radical (unpaired) electrons. The molecule has 0 spiro atoms. The number of ketones is 1. The van der Waals surface area contributed by atoms with Crippen molar-refractivity contribution in [1.29, 1.82) is 0 Å². The zero-order valence-corrected chi connectivity index (χ0v) is 16.5. The number of benzene rings is 2. The third-order valence-electron chi connectivity index (χ3n) is 6.24. The van der Waals surface area contributed by atoms with E-state index in [0.717, 1.165) is 6.42 Å². The van der Waals surface area contributed by atoms with E-state index in [1.54, 1.807) is 0 Å². The first-order valence-corrected chi connectivity index (χ1v) is 10.1. The van der Waals surface area contributed by atoms with Crippen LogP contribution in [0.1, 0.15) is 44.1 Å². The minimum absolute atomic E-state index is 0.166. The SMILES string of the molecule is CCC(=O)C1C(c2ccc3ccc(I)cc3c2)CC2CCC1N2C. The summed E-state index contributed by atoms with van der Waals surface area (Å²) in [4.78, 5) is 15.3. The van der Waals surface area contributed by atoms with Crippen molar-refractivity contribution >= 4 is 39.1 Å². The Labute approximate surface area is 157 Å². The molecule has 2 aromatic carbocycles. The fourth-order valence-electron chi connectivity index (χ4n) is 4.95. The molecule has 24 heavy (non-hydrogen) atoms. The second-order valence-electron chi connectivity index (χ2n) is 7.40. The maximum absolute atomic E-state index is 12.8. The van der Waals surface area contributed by atoms with Crippen LogP contribution in [0.4, 0.5) is 0 Å². The summed E-state index contributed by atoms with van der Waals surface area (Å²) >= 11 is 2.37. The molecule has 4 rings (SSSR count). The Hall–Kier alpha value is -0.940. The van der Waals surface area contributed by atoms with E-state index in [9.17, 15) is 4.79 Å². The van der Waals surface area contributed by atoms with Crippen molar-refractivity contribution in [3.63, 3.8) is 0 Å². The lowest BCUT2D eigenvalue weighted by Gasteiger charge is -2.42. The van der Waals surface area contributed by atoms with E-state index < -0.39 is 0 Å². The molecule has 4 atom stereocenters. The summed E-state index contributed by atoms with van der Waals surface area (Å²) in [5, 5.41) is 2.59. The van der Waals surface area contributed by atoms with Crippen LogP contribution in [0.25, 0.3) is 10.8 Å². The van der Waals surface area contributed by atoms with E-state index in [0.29, 0.717) is 30.2 Å². The summed E-state index contributed by atoms with van der Waals surface area (Å²) in [6, 6.07) is 14.5. The molecule has 2 saturated heterocycles. The van der Waals surface area contributed by atoms with Crippen molar-refractivity contribution in [2.75, 3.05) is 7.05 Å². The van der Waals surface area contributed by atoms with Gasteiger partial charge < -0.3 is 0 Å². The maximum atomic E-state index is 12.8. The summed E-state index contributed by atoms with van der Waals surface area (Å²) < 4.78 is 1.27. The van der Waals surface area contributed by atoms with Gasteiger partial charge in [-0.15, -0.1) is 0 Å². The van der Waals surface area contributed by atoms with Gasteiger partial charge in [-0.2, -0.15) is 0 Å². The van der Waals surface area contributed by atoms with Gasteiger partial charge in [0.25, 0.3) is 0 Å². The molecule has 2 heterocycles. The number of halogens is 1. The van der Waals surface area contributed by atoms with Gasteiger partial charge in [-0.25, -0.2) is 0 Å². The first kappa shape index (κ1) is 16.5. The number of piperidine rings is 1. The van der Waals surface area contributed by atoms with Crippen molar-refractivity contribution in [2.45, 2.75) is 50.6 Å². The molecular formula is C21H24INO. The van der Waals surface area contributed by atoms with Gasteiger partial charge in [0.15, 0.2) is 0 Å². The zero-order valence-electron chi connectivity index (χ0n) is 14.3. The van der Waals surface area contributed by atoms with Crippen LogP contribution in [-0.4, -0.2) is 29.8 Å². The van der Waals surface area contributed by atoms with Crippen LogP contribution < -0.4 is 0 Å². The smallest absolute Gasteiger partial charge is 0.137 e. The zero-order chi connectivity index (χ0) is 16.8. The number of rotatable bonds is 3. The monoisotopic (exact) mass is 433 g/mol. The average molecular weight is 433 g/mol. The number of fused-ring (bicyclic) bond motifs is 3. The van der Waals surface area contributed by atoms with Crippen molar-refractivity contribution < 1.29 is 4.79 Å². The molecule has 2 fully saturated rings. The van der Waals surface area contributed by atoms with Gasteiger partial charge in [0.1, 0.15) is 5.78 Å². The van der Waals surface area contributed by atoms with Crippen LogP contribution in [-0.2, 0) is 4.79 Å². The fourth-order valence-corrected chi connectivity index (χ4v) is 5.47. The number of hydrogen-bond donors (Lipinski definition) is 0. The van der Waals surface area contributed by atoms with Gasteiger partial charge >= 0.3 is 0 Å². The molecule has 2 aliphatic rings. The summed E-state index contributed by atoms with van der Waals surface area (Å²) in [5.74, 6) is 0.993. The van der Waals surface area contributed by atoms with E-state index in [2.05, 4.69) is 70.9 Å². The van der Waals surface area contributed by atoms with Gasteiger partial charge in [-0.3, -0.25) is 9.69 Å². The predicted molar refractivity (Wildman–Crippen MR) is 107 cm³/mol. The minimum Gasteiger partial charge on any atom is -0.300 e. The summed E-state index contributed by atoms with van der Waals surface area (Å²) in [6.07, 6.45) is 4.21. The fraction of sp³-hybridized carbons (Fsp3) is 0.476. The van der Waals surface area contributed by atoms with Crippen LogP contribution in [0.15, 0.2) is 36.4 Å². The Kier molecular flexibility index (Phi) is 4.42. The Morgan fingerprint density at radius 1 is 1.17 bits per heavy atom.